The second-order valence-electron chi connectivity index (χ2n) is 5.48. The summed E-state index contributed by atoms with van der Waals surface area (Å²) in [5, 5.41) is 13.8. The lowest BCUT2D eigenvalue weighted by molar-refractivity contribution is 0.0918. The Morgan fingerprint density at radius 2 is 2.19 bits per heavy atom. The lowest BCUT2D eigenvalue weighted by Gasteiger charge is -2.15. The molecule has 1 heterocycles. The predicted molar refractivity (Wildman–Crippen MR) is 82.4 cm³/mol. The zero-order valence-corrected chi connectivity index (χ0v) is 12.3. The number of aliphatic hydroxyl groups is 1. The number of hydrogen-bond acceptors (Lipinski definition) is 3. The van der Waals surface area contributed by atoms with Crippen molar-refractivity contribution in [3.05, 3.63) is 41.0 Å². The van der Waals surface area contributed by atoms with Gasteiger partial charge in [-0.15, -0.1) is 0 Å². The van der Waals surface area contributed by atoms with Gasteiger partial charge in [0.2, 0.25) is 0 Å². The number of fused-ring (bicyclic) bond motifs is 1. The third kappa shape index (κ3) is 3.01. The van der Waals surface area contributed by atoms with Crippen LogP contribution in [0.1, 0.15) is 29.6 Å². The highest BCUT2D eigenvalue weighted by Crippen LogP contribution is 2.25. The van der Waals surface area contributed by atoms with Crippen LogP contribution in [0.5, 0.6) is 0 Å². The first-order valence-electron chi connectivity index (χ1n) is 7.16. The Morgan fingerprint density at radius 3 is 2.95 bits per heavy atom. The molecule has 21 heavy (non-hydrogen) atoms. The number of amides is 1. The van der Waals surface area contributed by atoms with E-state index in [0.717, 1.165) is 24.6 Å². The van der Waals surface area contributed by atoms with Crippen molar-refractivity contribution in [2.75, 3.05) is 6.54 Å². The van der Waals surface area contributed by atoms with Gasteiger partial charge in [0, 0.05) is 17.8 Å². The van der Waals surface area contributed by atoms with Crippen molar-refractivity contribution < 1.29 is 9.90 Å². The Hall–Kier alpha value is -1.65. The summed E-state index contributed by atoms with van der Waals surface area (Å²) in [4.78, 5) is 16.6. The molecule has 0 bridgehead atoms. The molecular weight excluding hydrogens is 288 g/mol. The van der Waals surface area contributed by atoms with Gasteiger partial charge in [-0.05, 0) is 25.0 Å². The lowest BCUT2D eigenvalue weighted by atomic mass is 10.1. The van der Waals surface area contributed by atoms with E-state index in [1.807, 2.05) is 24.3 Å². The van der Waals surface area contributed by atoms with E-state index in [0.29, 0.717) is 22.8 Å². The Morgan fingerprint density at radius 1 is 1.38 bits per heavy atom. The minimum absolute atomic E-state index is 0.150. The van der Waals surface area contributed by atoms with Crippen molar-refractivity contribution in [2.45, 2.75) is 25.4 Å². The first kappa shape index (κ1) is 14.3. The molecule has 2 aromatic rings. The number of para-hydroxylation sites is 1. The number of carbonyl (C=O) groups excluding carboxylic acids is 1. The number of halogens is 1. The summed E-state index contributed by atoms with van der Waals surface area (Å²) in [6.45, 7) is 0.494. The molecule has 0 aliphatic heterocycles. The van der Waals surface area contributed by atoms with Crippen molar-refractivity contribution in [2.24, 2.45) is 5.92 Å². The normalized spacial score (nSPS) is 21.6. The Balaban J connectivity index is 1.81. The highest BCUT2D eigenvalue weighted by molar-refractivity contribution is 6.30. The number of aromatic nitrogens is 1. The van der Waals surface area contributed by atoms with Crippen LogP contribution in [0.3, 0.4) is 0 Å². The summed E-state index contributed by atoms with van der Waals surface area (Å²) in [6, 6.07) is 9.01. The van der Waals surface area contributed by atoms with Crippen molar-refractivity contribution >= 4 is 28.4 Å². The molecule has 2 unspecified atom stereocenters. The molecule has 1 aromatic heterocycles. The Bertz CT molecular complexity index is 674. The van der Waals surface area contributed by atoms with Crippen LogP contribution in [0, 0.1) is 5.92 Å². The van der Waals surface area contributed by atoms with E-state index in [2.05, 4.69) is 10.3 Å². The average Bonchev–Trinajstić information content (AvgIpc) is 2.89. The van der Waals surface area contributed by atoms with Crippen LogP contribution in [0.15, 0.2) is 30.3 Å². The molecule has 110 valence electrons. The molecule has 1 amide bonds. The summed E-state index contributed by atoms with van der Waals surface area (Å²) >= 11 is 5.99. The molecule has 1 saturated carbocycles. The van der Waals surface area contributed by atoms with Crippen LogP contribution in [-0.4, -0.2) is 28.6 Å². The largest absolute Gasteiger partial charge is 0.393 e. The standard InChI is InChI=1S/C16H17ClN2O2/c17-15-8-12(11-5-1-2-6-13(11)19-15)16(21)18-9-10-4-3-7-14(10)20/h1-2,5-6,8,10,14,20H,3-4,7,9H2,(H,18,21). The number of nitrogens with one attached hydrogen (secondary N) is 1. The predicted octanol–water partition coefficient (Wildman–Crippen LogP) is 2.78. The van der Waals surface area contributed by atoms with Gasteiger partial charge in [0.05, 0.1) is 17.2 Å². The molecule has 1 aliphatic carbocycles. The number of hydrogen-bond donors (Lipinski definition) is 2. The number of rotatable bonds is 3. The molecule has 5 heteroatoms. The van der Waals surface area contributed by atoms with Crippen molar-refractivity contribution in [1.29, 1.82) is 0 Å². The van der Waals surface area contributed by atoms with Gasteiger partial charge in [0.1, 0.15) is 5.15 Å². The van der Waals surface area contributed by atoms with Gasteiger partial charge >= 0.3 is 0 Å². The molecule has 3 rings (SSSR count). The second kappa shape index (κ2) is 6.00. The average molecular weight is 305 g/mol. The molecule has 0 spiro atoms. The third-order valence-corrected chi connectivity index (χ3v) is 4.27. The lowest BCUT2D eigenvalue weighted by Crippen LogP contribution is -2.32. The number of aliphatic hydroxyl groups excluding tert-OH is 1. The first-order valence-corrected chi connectivity index (χ1v) is 7.54. The molecule has 4 nitrogen and oxygen atoms in total. The molecule has 1 aromatic carbocycles. The molecule has 2 N–H and O–H groups in total. The zero-order valence-electron chi connectivity index (χ0n) is 11.6. The highest BCUT2D eigenvalue weighted by atomic mass is 35.5. The SMILES string of the molecule is O=C(NCC1CCCC1O)c1cc(Cl)nc2ccccc12. The van der Waals surface area contributed by atoms with Crippen molar-refractivity contribution in [1.82, 2.24) is 10.3 Å². The van der Waals surface area contributed by atoms with Crippen LogP contribution >= 0.6 is 11.6 Å². The monoisotopic (exact) mass is 304 g/mol. The van der Waals surface area contributed by atoms with Crippen LogP contribution in [0.4, 0.5) is 0 Å². The summed E-state index contributed by atoms with van der Waals surface area (Å²) in [5.41, 5.74) is 1.23. The van der Waals surface area contributed by atoms with Crippen LogP contribution in [0.25, 0.3) is 10.9 Å². The van der Waals surface area contributed by atoms with E-state index >= 15 is 0 Å². The fourth-order valence-electron chi connectivity index (χ4n) is 2.91. The first-order chi connectivity index (χ1) is 10.1. The van der Waals surface area contributed by atoms with Gasteiger partial charge in [-0.3, -0.25) is 4.79 Å². The van der Waals surface area contributed by atoms with Gasteiger partial charge in [-0.25, -0.2) is 4.98 Å². The topological polar surface area (TPSA) is 62.2 Å². The van der Waals surface area contributed by atoms with E-state index in [-0.39, 0.29) is 17.9 Å². The van der Waals surface area contributed by atoms with Crippen molar-refractivity contribution in [3.63, 3.8) is 0 Å². The summed E-state index contributed by atoms with van der Waals surface area (Å²) in [7, 11) is 0. The molecule has 1 fully saturated rings. The maximum atomic E-state index is 12.4. The quantitative estimate of drug-likeness (QED) is 0.857. The fraction of sp³-hybridized carbons (Fsp3) is 0.375. The number of benzene rings is 1. The number of pyridine rings is 1. The van der Waals surface area contributed by atoms with Crippen LogP contribution in [-0.2, 0) is 0 Å². The van der Waals surface area contributed by atoms with Gasteiger partial charge < -0.3 is 10.4 Å². The molecule has 1 aliphatic rings. The Labute approximate surface area is 128 Å². The molecular formula is C16H17ClN2O2. The number of nitrogens with zero attached hydrogens (tertiary/aromatic N) is 1. The van der Waals surface area contributed by atoms with Gasteiger partial charge in [0.25, 0.3) is 5.91 Å². The summed E-state index contributed by atoms with van der Waals surface area (Å²) in [5.74, 6) is -0.0212. The van der Waals surface area contributed by atoms with E-state index in [4.69, 9.17) is 11.6 Å². The molecule has 0 radical (unpaired) electrons. The van der Waals surface area contributed by atoms with Crippen molar-refractivity contribution in [3.8, 4) is 0 Å². The minimum atomic E-state index is -0.303. The fourth-order valence-corrected chi connectivity index (χ4v) is 3.11. The number of carbonyl (C=O) groups is 1. The second-order valence-corrected chi connectivity index (χ2v) is 5.87. The zero-order chi connectivity index (χ0) is 14.8. The van der Waals surface area contributed by atoms with Crippen LogP contribution < -0.4 is 5.32 Å². The smallest absolute Gasteiger partial charge is 0.252 e. The highest BCUT2D eigenvalue weighted by Gasteiger charge is 2.25. The minimum Gasteiger partial charge on any atom is -0.393 e. The van der Waals surface area contributed by atoms with E-state index in [9.17, 15) is 9.90 Å². The maximum Gasteiger partial charge on any atom is 0.252 e. The summed E-state index contributed by atoms with van der Waals surface area (Å²) < 4.78 is 0. The van der Waals surface area contributed by atoms with Crippen LogP contribution in [0.2, 0.25) is 5.15 Å². The van der Waals surface area contributed by atoms with E-state index < -0.39 is 0 Å². The van der Waals surface area contributed by atoms with E-state index in [1.165, 1.54) is 0 Å². The molecule has 2 atom stereocenters. The summed E-state index contributed by atoms with van der Waals surface area (Å²) in [6.07, 6.45) is 2.50. The van der Waals surface area contributed by atoms with Gasteiger partial charge in [-0.1, -0.05) is 36.2 Å². The van der Waals surface area contributed by atoms with Gasteiger partial charge in [-0.2, -0.15) is 0 Å². The van der Waals surface area contributed by atoms with E-state index in [1.54, 1.807) is 6.07 Å². The molecule has 0 saturated heterocycles. The Kier molecular flexibility index (Phi) is 4.08. The van der Waals surface area contributed by atoms with Gasteiger partial charge in [0.15, 0.2) is 0 Å². The maximum absolute atomic E-state index is 12.4. The third-order valence-electron chi connectivity index (χ3n) is 4.07.